The van der Waals surface area contributed by atoms with Crippen LogP contribution in [-0.2, 0) is 4.79 Å². The Morgan fingerprint density at radius 2 is 1.84 bits per heavy atom. The van der Waals surface area contributed by atoms with Gasteiger partial charge >= 0.3 is 6.03 Å². The standard InChI is InChI=1S/C19H25N3O2S/c1-11-8-7-9-14-12(2)10-15(20-16(11)14)25-13(3)17(23)21-18(24)22-19(4,5)6/h7-10,13H,1-6H3,(H2,21,22,23,24)/t13-/m0/s1. The van der Waals surface area contributed by atoms with Crippen LogP contribution in [-0.4, -0.2) is 27.7 Å². The summed E-state index contributed by atoms with van der Waals surface area (Å²) in [5.41, 5.74) is 2.78. The van der Waals surface area contributed by atoms with Gasteiger partial charge in [-0.15, -0.1) is 0 Å². The van der Waals surface area contributed by atoms with Crippen LogP contribution in [0.15, 0.2) is 29.3 Å². The highest BCUT2D eigenvalue weighted by atomic mass is 32.2. The lowest BCUT2D eigenvalue weighted by Gasteiger charge is -2.21. The third-order valence-electron chi connectivity index (χ3n) is 3.62. The van der Waals surface area contributed by atoms with E-state index in [2.05, 4.69) is 15.6 Å². The van der Waals surface area contributed by atoms with Gasteiger partial charge in [-0.25, -0.2) is 9.78 Å². The normalized spacial score (nSPS) is 12.7. The number of thioether (sulfide) groups is 1. The molecule has 1 heterocycles. The molecular formula is C19H25N3O2S. The summed E-state index contributed by atoms with van der Waals surface area (Å²) < 4.78 is 0. The van der Waals surface area contributed by atoms with Crippen LogP contribution in [0.2, 0.25) is 0 Å². The highest BCUT2D eigenvalue weighted by molar-refractivity contribution is 8.00. The number of rotatable bonds is 3. The maximum atomic E-state index is 12.2. The summed E-state index contributed by atoms with van der Waals surface area (Å²) in [6.07, 6.45) is 0. The third-order valence-corrected chi connectivity index (χ3v) is 4.63. The van der Waals surface area contributed by atoms with Crippen molar-refractivity contribution in [2.24, 2.45) is 0 Å². The molecule has 1 aromatic heterocycles. The van der Waals surface area contributed by atoms with E-state index < -0.39 is 16.8 Å². The zero-order valence-electron chi connectivity index (χ0n) is 15.6. The van der Waals surface area contributed by atoms with Crippen LogP contribution in [0.25, 0.3) is 10.9 Å². The molecule has 0 saturated heterocycles. The lowest BCUT2D eigenvalue weighted by molar-refractivity contribution is -0.119. The van der Waals surface area contributed by atoms with E-state index in [1.54, 1.807) is 6.92 Å². The molecule has 0 saturated carbocycles. The van der Waals surface area contributed by atoms with Gasteiger partial charge in [0, 0.05) is 10.9 Å². The van der Waals surface area contributed by atoms with Crippen LogP contribution in [0.4, 0.5) is 4.79 Å². The summed E-state index contributed by atoms with van der Waals surface area (Å²) in [7, 11) is 0. The summed E-state index contributed by atoms with van der Waals surface area (Å²) in [4.78, 5) is 28.7. The first-order chi connectivity index (χ1) is 11.6. The molecule has 3 amide bonds. The lowest BCUT2D eigenvalue weighted by atomic mass is 10.1. The van der Waals surface area contributed by atoms with Crippen molar-refractivity contribution < 1.29 is 9.59 Å². The second-order valence-corrected chi connectivity index (χ2v) is 8.56. The molecular weight excluding hydrogens is 334 g/mol. The number of nitrogens with zero attached hydrogens (tertiary/aromatic N) is 1. The fourth-order valence-electron chi connectivity index (χ4n) is 2.41. The van der Waals surface area contributed by atoms with Gasteiger partial charge in [-0.05, 0) is 58.7 Å². The number of amides is 3. The number of pyridine rings is 1. The Hall–Kier alpha value is -2.08. The predicted octanol–water partition coefficient (Wildman–Crippen LogP) is 3.96. The number of fused-ring (bicyclic) bond motifs is 1. The number of nitrogens with one attached hydrogen (secondary N) is 2. The molecule has 2 rings (SSSR count). The van der Waals surface area contributed by atoms with Crippen molar-refractivity contribution in [2.45, 2.75) is 57.4 Å². The number of hydrogen-bond acceptors (Lipinski definition) is 4. The molecule has 0 unspecified atom stereocenters. The molecule has 0 radical (unpaired) electrons. The molecule has 1 aromatic carbocycles. The molecule has 0 aliphatic rings. The van der Waals surface area contributed by atoms with E-state index >= 15 is 0 Å². The van der Waals surface area contributed by atoms with E-state index in [1.165, 1.54) is 11.8 Å². The van der Waals surface area contributed by atoms with Gasteiger partial charge in [0.15, 0.2) is 0 Å². The van der Waals surface area contributed by atoms with E-state index in [0.29, 0.717) is 0 Å². The Kier molecular flexibility index (Phi) is 5.72. The molecule has 0 aliphatic carbocycles. The Balaban J connectivity index is 2.11. The molecule has 0 fully saturated rings. The number of aryl methyl sites for hydroxylation is 2. The van der Waals surface area contributed by atoms with Crippen molar-refractivity contribution in [3.63, 3.8) is 0 Å². The van der Waals surface area contributed by atoms with Gasteiger partial charge in [0.2, 0.25) is 5.91 Å². The smallest absolute Gasteiger partial charge is 0.321 e. The van der Waals surface area contributed by atoms with Gasteiger partial charge in [-0.2, -0.15) is 0 Å². The Labute approximate surface area is 153 Å². The van der Waals surface area contributed by atoms with Gasteiger partial charge in [0.1, 0.15) is 0 Å². The quantitative estimate of drug-likeness (QED) is 0.814. The van der Waals surface area contributed by atoms with Crippen LogP contribution >= 0.6 is 11.8 Å². The van der Waals surface area contributed by atoms with Gasteiger partial charge in [0.25, 0.3) is 0 Å². The Bertz CT molecular complexity index is 812. The second-order valence-electron chi connectivity index (χ2n) is 7.20. The van der Waals surface area contributed by atoms with Crippen molar-refractivity contribution in [1.82, 2.24) is 15.6 Å². The van der Waals surface area contributed by atoms with E-state index in [9.17, 15) is 9.59 Å². The minimum absolute atomic E-state index is 0.337. The van der Waals surface area contributed by atoms with Gasteiger partial charge in [-0.1, -0.05) is 30.0 Å². The number of aromatic nitrogens is 1. The summed E-state index contributed by atoms with van der Waals surface area (Å²) in [5, 5.41) is 6.56. The van der Waals surface area contributed by atoms with Crippen molar-refractivity contribution in [2.75, 3.05) is 0 Å². The molecule has 1 atom stereocenters. The topological polar surface area (TPSA) is 71.1 Å². The van der Waals surface area contributed by atoms with Crippen LogP contribution < -0.4 is 10.6 Å². The number of carbonyl (C=O) groups excluding carboxylic acids is 2. The maximum absolute atomic E-state index is 12.2. The van der Waals surface area contributed by atoms with Crippen LogP contribution in [0, 0.1) is 13.8 Å². The minimum Gasteiger partial charge on any atom is -0.333 e. The predicted molar refractivity (Wildman–Crippen MR) is 103 cm³/mol. The number of carbonyl (C=O) groups is 2. The summed E-state index contributed by atoms with van der Waals surface area (Å²) >= 11 is 1.35. The van der Waals surface area contributed by atoms with Crippen molar-refractivity contribution in [3.8, 4) is 0 Å². The summed E-state index contributed by atoms with van der Waals surface area (Å²) in [5.74, 6) is -0.337. The highest BCUT2D eigenvalue weighted by Crippen LogP contribution is 2.28. The molecule has 2 N–H and O–H groups in total. The number of urea groups is 1. The molecule has 5 nitrogen and oxygen atoms in total. The number of hydrogen-bond donors (Lipinski definition) is 2. The van der Waals surface area contributed by atoms with Crippen LogP contribution in [0.3, 0.4) is 0 Å². The van der Waals surface area contributed by atoms with E-state index in [0.717, 1.165) is 27.1 Å². The second kappa shape index (κ2) is 7.44. The Morgan fingerprint density at radius 1 is 1.16 bits per heavy atom. The van der Waals surface area contributed by atoms with E-state index in [4.69, 9.17) is 0 Å². The molecule has 25 heavy (non-hydrogen) atoms. The average Bonchev–Trinajstić information content (AvgIpc) is 2.46. The molecule has 0 spiro atoms. The SMILES string of the molecule is Cc1cc(S[C@@H](C)C(=O)NC(=O)NC(C)(C)C)nc2c(C)cccc12. The number of para-hydroxylation sites is 1. The van der Waals surface area contributed by atoms with Crippen molar-refractivity contribution in [3.05, 3.63) is 35.4 Å². The van der Waals surface area contributed by atoms with E-state index in [-0.39, 0.29) is 5.91 Å². The summed E-state index contributed by atoms with van der Waals surface area (Å²) in [6.45, 7) is 11.4. The number of benzene rings is 1. The largest absolute Gasteiger partial charge is 0.333 e. The van der Waals surface area contributed by atoms with Gasteiger partial charge < -0.3 is 5.32 Å². The first-order valence-corrected chi connectivity index (χ1v) is 9.11. The Morgan fingerprint density at radius 3 is 2.48 bits per heavy atom. The van der Waals surface area contributed by atoms with Crippen LogP contribution in [0.1, 0.15) is 38.8 Å². The van der Waals surface area contributed by atoms with Crippen molar-refractivity contribution in [1.29, 1.82) is 0 Å². The van der Waals surface area contributed by atoms with Crippen molar-refractivity contribution >= 4 is 34.6 Å². The number of imide groups is 1. The van der Waals surface area contributed by atoms with Gasteiger partial charge in [-0.3, -0.25) is 10.1 Å². The van der Waals surface area contributed by atoms with E-state index in [1.807, 2.05) is 58.9 Å². The first kappa shape index (κ1) is 19.2. The summed E-state index contributed by atoms with van der Waals surface area (Å²) in [6, 6.07) is 7.58. The lowest BCUT2D eigenvalue weighted by Crippen LogP contribution is -2.49. The highest BCUT2D eigenvalue weighted by Gasteiger charge is 2.21. The zero-order chi connectivity index (χ0) is 18.8. The average molecular weight is 359 g/mol. The monoisotopic (exact) mass is 359 g/mol. The molecule has 0 aliphatic heterocycles. The zero-order valence-corrected chi connectivity index (χ0v) is 16.4. The van der Waals surface area contributed by atoms with Crippen LogP contribution in [0.5, 0.6) is 0 Å². The molecule has 0 bridgehead atoms. The molecule has 2 aromatic rings. The first-order valence-electron chi connectivity index (χ1n) is 8.23. The van der Waals surface area contributed by atoms with Gasteiger partial charge in [0.05, 0.1) is 15.8 Å². The fraction of sp³-hybridized carbons (Fsp3) is 0.421. The minimum atomic E-state index is -0.483. The molecule has 6 heteroatoms. The third kappa shape index (κ3) is 5.19. The fourth-order valence-corrected chi connectivity index (χ4v) is 3.33. The molecule has 134 valence electrons. The maximum Gasteiger partial charge on any atom is 0.321 e.